The topological polar surface area (TPSA) is 69.2 Å². The Bertz CT molecular complexity index is 1180. The van der Waals surface area contributed by atoms with Crippen molar-refractivity contribution in [1.29, 1.82) is 0 Å². The van der Waals surface area contributed by atoms with Crippen molar-refractivity contribution < 1.29 is 12.6 Å². The molecule has 2 aromatic heterocycles. The largest absolute Gasteiger partial charge is 0.376 e. The summed E-state index contributed by atoms with van der Waals surface area (Å²) in [6, 6.07) is 16.3. The van der Waals surface area contributed by atoms with Crippen LogP contribution in [0.15, 0.2) is 75.7 Å². The lowest BCUT2D eigenvalue weighted by molar-refractivity contribution is 0.485. The number of pyridine rings is 1. The normalized spacial score (nSPS) is 11.6. The van der Waals surface area contributed by atoms with Gasteiger partial charge in [0.15, 0.2) is 5.75 Å². The number of fused-ring (bicyclic) bond motifs is 1. The molecule has 0 atom stereocenters. The molecule has 26 heavy (non-hydrogen) atoms. The molecule has 0 bridgehead atoms. The first-order chi connectivity index (χ1) is 12.5. The van der Waals surface area contributed by atoms with Gasteiger partial charge in [-0.25, -0.2) is 4.98 Å². The van der Waals surface area contributed by atoms with Crippen molar-refractivity contribution >= 4 is 48.3 Å². The van der Waals surface area contributed by atoms with Crippen molar-refractivity contribution in [3.05, 3.63) is 70.6 Å². The van der Waals surface area contributed by atoms with Gasteiger partial charge in [-0.05, 0) is 24.3 Å². The van der Waals surface area contributed by atoms with Gasteiger partial charge in [-0.3, -0.25) is 4.98 Å². The Morgan fingerprint density at radius 1 is 1.00 bits per heavy atom. The lowest BCUT2D eigenvalue weighted by Gasteiger charge is -2.07. The van der Waals surface area contributed by atoms with Gasteiger partial charge in [0.05, 0.1) is 0 Å². The number of hydrogen-bond donors (Lipinski definition) is 0. The van der Waals surface area contributed by atoms with E-state index in [4.69, 9.17) is 4.18 Å². The fraction of sp³-hybridized carbons (Fsp3) is 0. The minimum atomic E-state index is -4.05. The van der Waals surface area contributed by atoms with Crippen LogP contribution in [0.2, 0.25) is 0 Å². The van der Waals surface area contributed by atoms with Crippen LogP contribution in [-0.2, 0) is 10.1 Å². The monoisotopic (exact) mass is 446 g/mol. The summed E-state index contributed by atoms with van der Waals surface area (Å²) in [7, 11) is -4.05. The molecular weight excluding hydrogens is 436 g/mol. The Hall–Kier alpha value is -2.29. The summed E-state index contributed by atoms with van der Waals surface area (Å²) in [5.74, 6) is 0.182. The molecule has 8 heteroatoms. The van der Waals surface area contributed by atoms with Gasteiger partial charge in [0.1, 0.15) is 10.5 Å². The Labute approximate surface area is 162 Å². The average molecular weight is 447 g/mol. The van der Waals surface area contributed by atoms with Crippen LogP contribution in [0.3, 0.4) is 0 Å². The van der Waals surface area contributed by atoms with Gasteiger partial charge in [-0.1, -0.05) is 46.3 Å². The van der Waals surface area contributed by atoms with E-state index in [2.05, 4.69) is 25.9 Å². The van der Waals surface area contributed by atoms with Crippen molar-refractivity contribution in [2.45, 2.75) is 5.03 Å². The number of para-hydroxylation sites is 1. The Kier molecular flexibility index (Phi) is 4.47. The predicted molar refractivity (Wildman–Crippen MR) is 105 cm³/mol. The summed E-state index contributed by atoms with van der Waals surface area (Å²) in [4.78, 5) is 8.44. The third-order valence-electron chi connectivity index (χ3n) is 3.63. The molecule has 0 unspecified atom stereocenters. The number of hydrogen-bond acceptors (Lipinski definition) is 6. The molecule has 0 radical (unpaired) electrons. The second-order valence-electron chi connectivity index (χ2n) is 5.37. The summed E-state index contributed by atoms with van der Waals surface area (Å²) in [6.45, 7) is 0. The Morgan fingerprint density at radius 2 is 1.77 bits per heavy atom. The second-order valence-corrected chi connectivity index (χ2v) is 8.63. The number of aromatic nitrogens is 2. The van der Waals surface area contributed by atoms with Crippen LogP contribution in [0.25, 0.3) is 21.5 Å². The predicted octanol–water partition coefficient (Wildman–Crippen LogP) is 4.89. The van der Waals surface area contributed by atoms with E-state index in [1.165, 1.54) is 16.7 Å². The zero-order chi connectivity index (χ0) is 18.1. The third-order valence-corrected chi connectivity index (χ3v) is 6.32. The highest BCUT2D eigenvalue weighted by atomic mass is 79.9. The van der Waals surface area contributed by atoms with Gasteiger partial charge in [-0.2, -0.15) is 8.42 Å². The molecule has 2 heterocycles. The van der Waals surface area contributed by atoms with Gasteiger partial charge < -0.3 is 4.18 Å². The Morgan fingerprint density at radius 3 is 2.58 bits per heavy atom. The summed E-state index contributed by atoms with van der Waals surface area (Å²) in [5, 5.41) is 2.77. The van der Waals surface area contributed by atoms with Gasteiger partial charge in [0.25, 0.3) is 0 Å². The molecule has 2 aromatic carbocycles. The highest BCUT2D eigenvalue weighted by Gasteiger charge is 2.22. The van der Waals surface area contributed by atoms with E-state index in [-0.39, 0.29) is 10.8 Å². The van der Waals surface area contributed by atoms with E-state index in [9.17, 15) is 8.42 Å². The summed E-state index contributed by atoms with van der Waals surface area (Å²) in [6.07, 6.45) is 1.59. The fourth-order valence-corrected chi connectivity index (χ4v) is 4.69. The van der Waals surface area contributed by atoms with Crippen LogP contribution in [0.4, 0.5) is 0 Å². The summed E-state index contributed by atoms with van der Waals surface area (Å²) < 4.78 is 31.5. The van der Waals surface area contributed by atoms with Crippen molar-refractivity contribution in [3.8, 4) is 16.3 Å². The quantitative estimate of drug-likeness (QED) is 0.417. The number of nitrogens with zero attached hydrogens (tertiary/aromatic N) is 2. The third kappa shape index (κ3) is 3.35. The highest BCUT2D eigenvalue weighted by Crippen LogP contribution is 2.30. The molecule has 0 amide bonds. The maximum absolute atomic E-state index is 12.6. The molecule has 0 aliphatic rings. The van der Waals surface area contributed by atoms with Crippen LogP contribution >= 0.6 is 27.3 Å². The van der Waals surface area contributed by atoms with E-state index < -0.39 is 10.1 Å². The molecule has 0 N–H and O–H groups in total. The van der Waals surface area contributed by atoms with Gasteiger partial charge in [-0.15, -0.1) is 11.3 Å². The molecule has 0 spiro atoms. The summed E-state index contributed by atoms with van der Waals surface area (Å²) in [5.41, 5.74) is 1.33. The minimum absolute atomic E-state index is 0.117. The van der Waals surface area contributed by atoms with Gasteiger partial charge >= 0.3 is 10.1 Å². The van der Waals surface area contributed by atoms with Crippen LogP contribution in [-0.4, -0.2) is 18.4 Å². The average Bonchev–Trinajstić information content (AvgIpc) is 3.14. The molecule has 4 rings (SSSR count). The fourth-order valence-electron chi connectivity index (χ4n) is 2.40. The van der Waals surface area contributed by atoms with E-state index >= 15 is 0 Å². The van der Waals surface area contributed by atoms with E-state index in [0.717, 1.165) is 15.4 Å². The molecule has 130 valence electrons. The molecule has 0 saturated heterocycles. The number of benzene rings is 2. The first-order valence-electron chi connectivity index (χ1n) is 7.53. The maximum Gasteiger partial charge on any atom is 0.357 e. The molecular formula is C18H11BrN2O3S2. The van der Waals surface area contributed by atoms with Crippen LogP contribution in [0.1, 0.15) is 0 Å². The summed E-state index contributed by atoms with van der Waals surface area (Å²) >= 11 is 4.62. The zero-order valence-electron chi connectivity index (χ0n) is 13.2. The van der Waals surface area contributed by atoms with Gasteiger partial charge in [0, 0.05) is 27.0 Å². The van der Waals surface area contributed by atoms with Crippen LogP contribution in [0.5, 0.6) is 5.75 Å². The first-order valence-corrected chi connectivity index (χ1v) is 10.6. The molecule has 5 nitrogen and oxygen atoms in total. The Balaban J connectivity index is 1.68. The lowest BCUT2D eigenvalue weighted by atomic mass is 10.2. The SMILES string of the molecule is O=S(=O)(Oc1cccc2cccnc12)c1csc(-c2ccc(Br)cc2)n1. The molecule has 0 saturated carbocycles. The number of halogens is 1. The molecule has 0 aliphatic heterocycles. The van der Waals surface area contributed by atoms with E-state index in [1.807, 2.05) is 36.4 Å². The van der Waals surface area contributed by atoms with E-state index in [0.29, 0.717) is 10.5 Å². The van der Waals surface area contributed by atoms with Crippen LogP contribution < -0.4 is 4.18 Å². The number of thiazole rings is 1. The molecule has 0 aliphatic carbocycles. The minimum Gasteiger partial charge on any atom is -0.376 e. The number of rotatable bonds is 4. The van der Waals surface area contributed by atoms with E-state index in [1.54, 1.807) is 24.4 Å². The van der Waals surface area contributed by atoms with Crippen molar-refractivity contribution in [2.24, 2.45) is 0 Å². The zero-order valence-corrected chi connectivity index (χ0v) is 16.4. The second kappa shape index (κ2) is 6.79. The first kappa shape index (κ1) is 17.1. The smallest absolute Gasteiger partial charge is 0.357 e. The standard InChI is InChI=1S/C18H11BrN2O3S2/c19-14-8-6-13(7-9-14)18-21-16(11-25-18)26(22,23)24-15-5-1-3-12-4-2-10-20-17(12)15/h1-11H. The molecule has 4 aromatic rings. The lowest BCUT2D eigenvalue weighted by Crippen LogP contribution is -2.10. The maximum atomic E-state index is 12.6. The highest BCUT2D eigenvalue weighted by molar-refractivity contribution is 9.10. The van der Waals surface area contributed by atoms with Gasteiger partial charge in [0.2, 0.25) is 5.03 Å². The van der Waals surface area contributed by atoms with Crippen LogP contribution in [0, 0.1) is 0 Å². The van der Waals surface area contributed by atoms with Crippen molar-refractivity contribution in [2.75, 3.05) is 0 Å². The van der Waals surface area contributed by atoms with Crippen molar-refractivity contribution in [3.63, 3.8) is 0 Å². The molecule has 0 fully saturated rings. The van der Waals surface area contributed by atoms with Crippen molar-refractivity contribution in [1.82, 2.24) is 9.97 Å².